The average Bonchev–Trinajstić information content (AvgIpc) is 4.47. The summed E-state index contributed by atoms with van der Waals surface area (Å²) in [5, 5.41) is 19.9. The summed E-state index contributed by atoms with van der Waals surface area (Å²) >= 11 is 0. The van der Waals surface area contributed by atoms with E-state index in [1.165, 1.54) is 0 Å². The summed E-state index contributed by atoms with van der Waals surface area (Å²) in [7, 11) is 1.70. The van der Waals surface area contributed by atoms with E-state index in [1.807, 2.05) is 0 Å². The minimum absolute atomic E-state index is 0.00925. The van der Waals surface area contributed by atoms with Gasteiger partial charge in [-0.1, -0.05) is 13.2 Å². The molecular formula is C58H84N2O19. The largest absolute Gasteiger partial charge is 0.459 e. The molecule has 0 aromatic carbocycles. The van der Waals surface area contributed by atoms with Gasteiger partial charge in [-0.3, -0.25) is 4.79 Å². The maximum absolute atomic E-state index is 14.4. The van der Waals surface area contributed by atoms with E-state index in [2.05, 4.69) is 13.2 Å². The number of methoxy groups -OCH3 is 1. The molecule has 3 unspecified atom stereocenters. The first-order valence-corrected chi connectivity index (χ1v) is 30.4. The van der Waals surface area contributed by atoms with Crippen molar-refractivity contribution in [3.05, 3.63) is 24.3 Å². The zero-order valence-corrected chi connectivity index (χ0v) is 45.5. The molecule has 15 rings (SSSR count). The van der Waals surface area contributed by atoms with Gasteiger partial charge >= 0.3 is 5.97 Å². The Morgan fingerprint density at radius 3 is 2.05 bits per heavy atom. The van der Waals surface area contributed by atoms with Crippen molar-refractivity contribution in [3.8, 4) is 0 Å². The summed E-state index contributed by atoms with van der Waals surface area (Å²) in [6, 6.07) is -0.604. The first kappa shape index (κ1) is 53.9. The van der Waals surface area contributed by atoms with Crippen molar-refractivity contribution in [3.63, 3.8) is 0 Å². The van der Waals surface area contributed by atoms with Crippen LogP contribution in [0.25, 0.3) is 0 Å². The molecule has 79 heavy (non-hydrogen) atoms. The maximum Gasteiger partial charge on any atom is 0.308 e. The summed E-state index contributed by atoms with van der Waals surface area (Å²) in [6.07, 6.45) is 3.73. The van der Waals surface area contributed by atoms with E-state index in [1.54, 1.807) is 7.11 Å². The van der Waals surface area contributed by atoms with Crippen LogP contribution in [0.3, 0.4) is 0 Å². The molecule has 3 spiro atoms. The Labute approximate surface area is 461 Å². The van der Waals surface area contributed by atoms with Crippen LogP contribution in [0.4, 0.5) is 0 Å². The lowest BCUT2D eigenvalue weighted by Crippen LogP contribution is -2.65. The molecule has 15 saturated heterocycles. The predicted molar refractivity (Wildman–Crippen MR) is 272 cm³/mol. The molecule has 21 nitrogen and oxygen atoms in total. The molecule has 0 aliphatic carbocycles. The number of esters is 1. The van der Waals surface area contributed by atoms with Gasteiger partial charge in [-0.05, 0) is 68.9 Å². The van der Waals surface area contributed by atoms with Gasteiger partial charge in [-0.15, -0.1) is 0 Å². The number of rotatable bonds is 3. The Bertz CT molecular complexity index is 2320. The molecule has 15 heterocycles. The number of carbonyl (C=O) groups excluding carboxylic acids is 1. The lowest BCUT2D eigenvalue weighted by atomic mass is 9.84. The summed E-state index contributed by atoms with van der Waals surface area (Å²) in [6.45, 7) is 8.56. The van der Waals surface area contributed by atoms with E-state index in [0.29, 0.717) is 89.9 Å². The molecule has 21 heteroatoms. The number of fused-ring (bicyclic) bond motifs is 14. The Balaban J connectivity index is 0.641. The van der Waals surface area contributed by atoms with Crippen LogP contribution in [0.15, 0.2) is 24.3 Å². The van der Waals surface area contributed by atoms with Gasteiger partial charge in [0.2, 0.25) is 0 Å². The normalized spacial score (nSPS) is 56.3. The number of aliphatic hydroxyl groups excluding tert-OH is 2. The molecule has 10 bridgehead atoms. The minimum Gasteiger partial charge on any atom is -0.459 e. The van der Waals surface area contributed by atoms with E-state index in [-0.39, 0.29) is 129 Å². The fraction of sp³-hybridized carbons (Fsp3) is 0.914. The first-order chi connectivity index (χ1) is 38.2. The third-order valence-electron chi connectivity index (χ3n) is 21.3. The quantitative estimate of drug-likeness (QED) is 0.234. The van der Waals surface area contributed by atoms with Gasteiger partial charge in [-0.2, -0.15) is 0 Å². The van der Waals surface area contributed by atoms with Crippen LogP contribution < -0.4 is 11.5 Å². The number of nitrogens with two attached hydrogens (primary N) is 2. The molecule has 15 aliphatic rings. The van der Waals surface area contributed by atoms with Crippen LogP contribution in [-0.4, -0.2) is 212 Å². The van der Waals surface area contributed by atoms with Gasteiger partial charge in [0.15, 0.2) is 17.4 Å². The van der Waals surface area contributed by atoms with Crippen molar-refractivity contribution in [1.29, 1.82) is 0 Å². The van der Waals surface area contributed by atoms with Crippen molar-refractivity contribution in [1.82, 2.24) is 0 Å². The fourth-order valence-corrected chi connectivity index (χ4v) is 17.4. The van der Waals surface area contributed by atoms with E-state index < -0.39 is 72.3 Å². The summed E-state index contributed by atoms with van der Waals surface area (Å²) in [5.41, 5.74) is 15.6. The maximum atomic E-state index is 14.4. The van der Waals surface area contributed by atoms with Gasteiger partial charge in [0.25, 0.3) is 0 Å². The minimum atomic E-state index is -0.972. The van der Waals surface area contributed by atoms with E-state index in [4.69, 9.17) is 87.3 Å². The third kappa shape index (κ3) is 9.77. The second kappa shape index (κ2) is 20.7. The Hall–Kier alpha value is -1.81. The lowest BCUT2D eigenvalue weighted by Gasteiger charge is -2.53. The summed E-state index contributed by atoms with van der Waals surface area (Å²) in [5.74, 6) is -3.04. The smallest absolute Gasteiger partial charge is 0.308 e. The number of carbonyl (C=O) groups is 1. The monoisotopic (exact) mass is 1110 g/mol. The molecule has 0 aromatic heterocycles. The standard InChI is InChI=1S/C58H84N2O19/c1-26-14-30-8-11-56-12-10-37(75-56)53-54(64-3)55(79-56)52-36(72-53)7-5-29(67-52)16-50(63)71-44-19-41-42(69-40(44)17-38-27(2)31(59)15-28(66-38)4-6-34(26)65-30)20-46-48(70-41)23-58(76-46)24-49-35(74-58)9-13-57(78-49)22-32(60)51-47(77-57)21-43-45(73-51)18-39(68-43)33(62)25-61/h28-49,51-55,61-62H,1-2,4-25,59-60H2,3H3/t28-,29+,30-,31+,32-,33-,34-,35-,36-,37?,38+,39-,40-,41?,42-,43+,44+,45+,46+,47-,48?,49-,51-,52-,53-,54+,55-,56-,57-,58-/m0/s1. The molecule has 15 fully saturated rings. The SMILES string of the molecule is C=C1C[C@@H]2CC[C@]34CCC(O3)[C@@H]3O[C@H]5CC[C@H](CC(=O)O[C@@H]6CC7OC8C[C@@]9(C[C@@H]%10O[C@@]%11(CC[C@@H]%10O9)C[C@H](N)[C@@H]9O[C@@H]%10C[C@@H]([C@@H](O)CO)O[C@@H]%10C[C@@H]9O%11)O[C@@H]8C[C@@H]7O[C@H]6C[C@H]6O[C@@H](CC[C@@H]1O2)C[C@@H](N)C6=C)O[C@@H]5[C@H](O4)[C@@H]3OC. The van der Waals surface area contributed by atoms with Gasteiger partial charge in [-0.25, -0.2) is 0 Å². The molecule has 6 N–H and O–H groups in total. The van der Waals surface area contributed by atoms with Crippen LogP contribution in [-0.2, 0) is 80.6 Å². The second-order valence-corrected chi connectivity index (χ2v) is 26.4. The van der Waals surface area contributed by atoms with Crippen LogP contribution in [0.2, 0.25) is 0 Å². The van der Waals surface area contributed by atoms with Crippen molar-refractivity contribution in [2.75, 3.05) is 13.7 Å². The summed E-state index contributed by atoms with van der Waals surface area (Å²) in [4.78, 5) is 14.4. The van der Waals surface area contributed by atoms with Crippen molar-refractivity contribution in [2.45, 2.75) is 317 Å². The zero-order valence-electron chi connectivity index (χ0n) is 45.5. The molecule has 15 aliphatic heterocycles. The highest BCUT2D eigenvalue weighted by Gasteiger charge is 2.65. The van der Waals surface area contributed by atoms with E-state index in [0.717, 1.165) is 49.7 Å². The Morgan fingerprint density at radius 1 is 0.532 bits per heavy atom. The van der Waals surface area contributed by atoms with Gasteiger partial charge in [0.05, 0.1) is 129 Å². The van der Waals surface area contributed by atoms with Crippen LogP contribution in [0.1, 0.15) is 135 Å². The molecule has 0 amide bonds. The van der Waals surface area contributed by atoms with Crippen LogP contribution in [0.5, 0.6) is 0 Å². The van der Waals surface area contributed by atoms with Crippen molar-refractivity contribution >= 4 is 5.97 Å². The fourth-order valence-electron chi connectivity index (χ4n) is 17.4. The third-order valence-corrected chi connectivity index (χ3v) is 21.3. The van der Waals surface area contributed by atoms with Crippen molar-refractivity contribution < 1.29 is 90.8 Å². The van der Waals surface area contributed by atoms with E-state index in [9.17, 15) is 15.0 Å². The molecule has 440 valence electrons. The highest BCUT2D eigenvalue weighted by atomic mass is 16.8. The predicted octanol–water partition coefficient (Wildman–Crippen LogP) is 2.86. The average molecular weight is 1110 g/mol. The highest BCUT2D eigenvalue weighted by molar-refractivity contribution is 5.70. The Morgan fingerprint density at radius 2 is 1.19 bits per heavy atom. The zero-order chi connectivity index (χ0) is 53.7. The topological polar surface area (TPSA) is 257 Å². The molecule has 0 saturated carbocycles. The van der Waals surface area contributed by atoms with Crippen LogP contribution >= 0.6 is 0 Å². The number of ether oxygens (including phenoxy) is 16. The van der Waals surface area contributed by atoms with Crippen LogP contribution in [0, 0.1) is 0 Å². The molecular weight excluding hydrogens is 1030 g/mol. The second-order valence-electron chi connectivity index (χ2n) is 26.4. The van der Waals surface area contributed by atoms with Gasteiger partial charge in [0.1, 0.15) is 36.6 Å². The first-order valence-electron chi connectivity index (χ1n) is 30.4. The van der Waals surface area contributed by atoms with E-state index >= 15 is 0 Å². The van der Waals surface area contributed by atoms with Gasteiger partial charge in [0, 0.05) is 89.8 Å². The Kier molecular flexibility index (Phi) is 14.1. The van der Waals surface area contributed by atoms with Crippen molar-refractivity contribution in [2.24, 2.45) is 11.5 Å². The lowest BCUT2D eigenvalue weighted by molar-refractivity contribution is -0.355. The molecule has 0 radical (unpaired) electrons. The molecule has 30 atom stereocenters. The number of aliphatic hydroxyl groups is 2. The number of hydrogen-bond acceptors (Lipinski definition) is 21. The highest BCUT2D eigenvalue weighted by Crippen LogP contribution is 2.55. The summed E-state index contributed by atoms with van der Waals surface area (Å²) < 4.78 is 108. The number of hydrogen-bond donors (Lipinski definition) is 4. The van der Waals surface area contributed by atoms with Gasteiger partial charge < -0.3 is 97.5 Å². The molecule has 0 aromatic rings.